The molecule has 0 fully saturated rings. The van der Waals surface area contributed by atoms with Crippen LogP contribution < -0.4 is 16.4 Å². The molecule has 8 nitrogen and oxygen atoms in total. The van der Waals surface area contributed by atoms with E-state index in [-0.39, 0.29) is 17.4 Å². The number of nitrogen functional groups attached to an aromatic ring is 1. The van der Waals surface area contributed by atoms with E-state index in [2.05, 4.69) is 32.2 Å². The second-order valence-electron chi connectivity index (χ2n) is 4.03. The van der Waals surface area contributed by atoms with E-state index in [1.165, 1.54) is 0 Å². The topological polar surface area (TPSA) is 123 Å². The summed E-state index contributed by atoms with van der Waals surface area (Å²) in [6.45, 7) is 3.90. The lowest BCUT2D eigenvalue weighted by molar-refractivity contribution is 0.0957. The summed E-state index contributed by atoms with van der Waals surface area (Å²) in [6.07, 6.45) is 1.59. The first-order valence-corrected chi connectivity index (χ1v) is 6.00. The summed E-state index contributed by atoms with van der Waals surface area (Å²) in [7, 11) is 0. The van der Waals surface area contributed by atoms with Gasteiger partial charge in [0, 0.05) is 17.8 Å². The number of aromatic nitrogens is 2. The minimum atomic E-state index is -0.544. The van der Waals surface area contributed by atoms with Crippen LogP contribution in [-0.4, -0.2) is 28.7 Å². The largest absolute Gasteiger partial charge is 0.379 e. The molecular weight excluding hydrogens is 274 g/mol. The lowest BCUT2D eigenvalue weighted by Crippen LogP contribution is -2.23. The zero-order valence-corrected chi connectivity index (χ0v) is 11.0. The highest BCUT2D eigenvalue weighted by Crippen LogP contribution is 2.12. The summed E-state index contributed by atoms with van der Waals surface area (Å²) in [5.41, 5.74) is 6.28. The number of amides is 2. The van der Waals surface area contributed by atoms with E-state index in [0.717, 1.165) is 0 Å². The van der Waals surface area contributed by atoms with E-state index >= 15 is 0 Å². The van der Waals surface area contributed by atoms with Crippen LogP contribution in [-0.2, 0) is 0 Å². The van der Waals surface area contributed by atoms with Crippen molar-refractivity contribution in [3.8, 4) is 0 Å². The molecule has 0 unspecified atom stereocenters. The van der Waals surface area contributed by atoms with Gasteiger partial charge in [0.1, 0.15) is 0 Å². The Morgan fingerprint density at radius 2 is 1.95 bits per heavy atom. The third-order valence-electron chi connectivity index (χ3n) is 2.54. The van der Waals surface area contributed by atoms with Gasteiger partial charge in [-0.15, -0.1) is 6.58 Å². The highest BCUT2D eigenvalue weighted by molar-refractivity contribution is 6.05. The first kappa shape index (κ1) is 14.3. The summed E-state index contributed by atoms with van der Waals surface area (Å²) in [5.74, 6) is -0.858. The van der Waals surface area contributed by atoms with E-state index in [4.69, 9.17) is 5.73 Å². The molecule has 0 bridgehead atoms. The Hall–Kier alpha value is -3.16. The summed E-state index contributed by atoms with van der Waals surface area (Å²) in [5, 5.41) is 11.9. The van der Waals surface area contributed by atoms with Gasteiger partial charge in [-0.2, -0.15) is 0 Å². The molecule has 0 atom stereocenters. The molecule has 1 aromatic carbocycles. The quantitative estimate of drug-likeness (QED) is 0.699. The molecule has 0 spiro atoms. The SMILES string of the molecule is C=CCNC(=O)c1ccc(NC(=O)c2nonc2N)cc1. The predicted molar refractivity (Wildman–Crippen MR) is 75.6 cm³/mol. The second-order valence-corrected chi connectivity index (χ2v) is 4.03. The molecule has 0 aliphatic rings. The van der Waals surface area contributed by atoms with Gasteiger partial charge in [0.15, 0.2) is 0 Å². The number of nitrogens with two attached hydrogens (primary N) is 1. The molecule has 1 heterocycles. The summed E-state index contributed by atoms with van der Waals surface area (Å²) >= 11 is 0. The number of anilines is 2. The van der Waals surface area contributed by atoms with Crippen LogP contribution in [0.15, 0.2) is 41.5 Å². The van der Waals surface area contributed by atoms with E-state index < -0.39 is 5.91 Å². The van der Waals surface area contributed by atoms with Crippen LogP contribution >= 0.6 is 0 Å². The Balaban J connectivity index is 2.02. The fourth-order valence-corrected chi connectivity index (χ4v) is 1.52. The number of nitrogens with zero attached hydrogens (tertiary/aromatic N) is 2. The normalized spacial score (nSPS) is 9.90. The average Bonchev–Trinajstić information content (AvgIpc) is 2.91. The highest BCUT2D eigenvalue weighted by atomic mass is 16.6. The number of carbonyl (C=O) groups is 2. The third kappa shape index (κ3) is 3.44. The summed E-state index contributed by atoms with van der Waals surface area (Å²) in [4.78, 5) is 23.5. The minimum Gasteiger partial charge on any atom is -0.379 e. The van der Waals surface area contributed by atoms with Gasteiger partial charge in [0.2, 0.25) is 11.5 Å². The molecule has 8 heteroatoms. The maximum Gasteiger partial charge on any atom is 0.281 e. The van der Waals surface area contributed by atoms with Crippen LogP contribution in [0.3, 0.4) is 0 Å². The van der Waals surface area contributed by atoms with Crippen molar-refractivity contribution in [1.29, 1.82) is 0 Å². The molecule has 0 aliphatic heterocycles. The van der Waals surface area contributed by atoms with Crippen molar-refractivity contribution < 1.29 is 14.2 Å². The van der Waals surface area contributed by atoms with Gasteiger partial charge in [-0.05, 0) is 34.6 Å². The molecule has 0 aliphatic carbocycles. The van der Waals surface area contributed by atoms with Gasteiger partial charge in [0.25, 0.3) is 11.8 Å². The fourth-order valence-electron chi connectivity index (χ4n) is 1.52. The van der Waals surface area contributed by atoms with Crippen molar-refractivity contribution in [3.05, 3.63) is 48.2 Å². The molecular formula is C13H13N5O3. The van der Waals surface area contributed by atoms with Crippen LogP contribution in [0, 0.1) is 0 Å². The Bertz CT molecular complexity index is 663. The molecule has 1 aromatic heterocycles. The highest BCUT2D eigenvalue weighted by Gasteiger charge is 2.16. The summed E-state index contributed by atoms with van der Waals surface area (Å²) < 4.78 is 4.35. The maximum atomic E-state index is 11.8. The first-order chi connectivity index (χ1) is 10.1. The molecule has 2 amide bonds. The minimum absolute atomic E-state index is 0.0899. The Morgan fingerprint density at radius 1 is 1.24 bits per heavy atom. The zero-order chi connectivity index (χ0) is 15.2. The van der Waals surface area contributed by atoms with Crippen molar-refractivity contribution in [2.45, 2.75) is 0 Å². The van der Waals surface area contributed by atoms with Gasteiger partial charge in [-0.25, -0.2) is 4.63 Å². The lowest BCUT2D eigenvalue weighted by Gasteiger charge is -2.05. The van der Waals surface area contributed by atoms with Crippen LogP contribution in [0.4, 0.5) is 11.5 Å². The fraction of sp³-hybridized carbons (Fsp3) is 0.0769. The van der Waals surface area contributed by atoms with Gasteiger partial charge in [-0.3, -0.25) is 9.59 Å². The molecule has 2 aromatic rings. The maximum absolute atomic E-state index is 11.8. The number of nitrogens with one attached hydrogen (secondary N) is 2. The van der Waals surface area contributed by atoms with E-state index in [9.17, 15) is 9.59 Å². The Kier molecular flexibility index (Phi) is 4.30. The van der Waals surface area contributed by atoms with Crippen molar-refractivity contribution in [1.82, 2.24) is 15.6 Å². The monoisotopic (exact) mass is 287 g/mol. The number of hydrogen-bond acceptors (Lipinski definition) is 6. The predicted octanol–water partition coefficient (Wildman–Crippen LogP) is 0.820. The van der Waals surface area contributed by atoms with Crippen molar-refractivity contribution in [2.24, 2.45) is 0 Å². The van der Waals surface area contributed by atoms with Gasteiger partial charge >= 0.3 is 0 Å². The number of rotatable bonds is 5. The van der Waals surface area contributed by atoms with E-state index in [1.807, 2.05) is 0 Å². The van der Waals surface area contributed by atoms with Crippen molar-refractivity contribution >= 4 is 23.3 Å². The van der Waals surface area contributed by atoms with E-state index in [0.29, 0.717) is 17.8 Å². The van der Waals surface area contributed by atoms with Crippen LogP contribution in [0.1, 0.15) is 20.8 Å². The Morgan fingerprint density at radius 3 is 2.52 bits per heavy atom. The smallest absolute Gasteiger partial charge is 0.281 e. The molecule has 21 heavy (non-hydrogen) atoms. The number of benzene rings is 1. The van der Waals surface area contributed by atoms with Crippen LogP contribution in [0.2, 0.25) is 0 Å². The van der Waals surface area contributed by atoms with Crippen molar-refractivity contribution in [3.63, 3.8) is 0 Å². The zero-order valence-electron chi connectivity index (χ0n) is 11.0. The standard InChI is InChI=1S/C13H13N5O3/c1-2-7-15-12(19)8-3-5-9(6-4-8)16-13(20)10-11(14)18-21-17-10/h2-6H,1,7H2,(H2,14,18)(H,15,19)(H,16,20). The van der Waals surface area contributed by atoms with Crippen LogP contribution in [0.5, 0.6) is 0 Å². The molecule has 0 saturated heterocycles. The molecule has 2 rings (SSSR count). The molecule has 108 valence electrons. The molecule has 0 radical (unpaired) electrons. The number of hydrogen-bond donors (Lipinski definition) is 3. The second kappa shape index (κ2) is 6.33. The van der Waals surface area contributed by atoms with E-state index in [1.54, 1.807) is 30.3 Å². The van der Waals surface area contributed by atoms with Gasteiger partial charge in [-0.1, -0.05) is 6.08 Å². The summed E-state index contributed by atoms with van der Waals surface area (Å²) in [6, 6.07) is 6.34. The Labute approximate surface area is 120 Å². The first-order valence-electron chi connectivity index (χ1n) is 6.00. The van der Waals surface area contributed by atoms with Gasteiger partial charge < -0.3 is 16.4 Å². The third-order valence-corrected chi connectivity index (χ3v) is 2.54. The van der Waals surface area contributed by atoms with Crippen LogP contribution in [0.25, 0.3) is 0 Å². The molecule has 4 N–H and O–H groups in total. The lowest BCUT2D eigenvalue weighted by atomic mass is 10.2. The average molecular weight is 287 g/mol. The van der Waals surface area contributed by atoms with Crippen molar-refractivity contribution in [2.75, 3.05) is 17.6 Å². The molecule has 0 saturated carbocycles. The van der Waals surface area contributed by atoms with Gasteiger partial charge in [0.05, 0.1) is 0 Å². The number of carbonyl (C=O) groups excluding carboxylic acids is 2.